The Labute approximate surface area is 341 Å². The monoisotopic (exact) mass is 803 g/mol. The van der Waals surface area contributed by atoms with E-state index in [-0.39, 0.29) is 46.9 Å². The fourth-order valence-corrected chi connectivity index (χ4v) is 8.88. The molecule has 1 unspecified atom stereocenters. The van der Waals surface area contributed by atoms with Gasteiger partial charge in [-0.25, -0.2) is 9.97 Å². The molecule has 1 aliphatic carbocycles. The van der Waals surface area contributed by atoms with Crippen molar-refractivity contribution in [2.75, 3.05) is 49.5 Å². The number of rotatable bonds is 14. The van der Waals surface area contributed by atoms with E-state index in [2.05, 4.69) is 30.4 Å². The number of ketones is 1. The Bertz CT molecular complexity index is 2370. The predicted octanol–water partition coefficient (Wildman–Crippen LogP) is 4.72. The number of aromatic nitrogens is 4. The van der Waals surface area contributed by atoms with E-state index in [0.29, 0.717) is 40.7 Å². The van der Waals surface area contributed by atoms with E-state index in [4.69, 9.17) is 9.72 Å². The lowest BCUT2D eigenvalue weighted by molar-refractivity contribution is -0.136. The lowest BCUT2D eigenvalue weighted by Crippen LogP contribution is -2.54. The maximum Gasteiger partial charge on any atom is 0.266 e. The van der Waals surface area contributed by atoms with Crippen LogP contribution in [0.3, 0.4) is 0 Å². The van der Waals surface area contributed by atoms with Gasteiger partial charge in [-0.15, -0.1) is 0 Å². The number of imide groups is 2. The zero-order valence-electron chi connectivity index (χ0n) is 33.5. The first-order chi connectivity index (χ1) is 28.6. The van der Waals surface area contributed by atoms with Crippen molar-refractivity contribution in [3.63, 3.8) is 0 Å². The third-order valence-electron chi connectivity index (χ3n) is 12.0. The van der Waals surface area contributed by atoms with Gasteiger partial charge >= 0.3 is 0 Å². The van der Waals surface area contributed by atoms with Gasteiger partial charge in [0.1, 0.15) is 23.3 Å². The molecule has 6 heterocycles. The van der Waals surface area contributed by atoms with Gasteiger partial charge in [0.05, 0.1) is 35.2 Å². The minimum absolute atomic E-state index is 0.00656. The smallest absolute Gasteiger partial charge is 0.266 e. The summed E-state index contributed by atoms with van der Waals surface area (Å²) in [5.74, 6) is -1.13. The minimum atomic E-state index is -1.01. The third kappa shape index (κ3) is 8.05. The molecule has 4 amide bonds. The zero-order chi connectivity index (χ0) is 41.2. The number of pyridine rings is 2. The standard InChI is InChI=1S/C43H49N9O7/c1-26-31-25-45-43(48-38(31)51(28-10-5-6-11-28)41(57)36(26)27(2)53)46-34-16-14-29(24-44-34)50-21-19-49(20-22-50)18-7-3-4-8-23-59-33-13-9-12-30-37(33)42(58)52(40(30)56)32-15-17-35(54)47-39(32)55/h9,12-14,16,24-25,28,32H,3-8,10-11,15,17-23H2,1-2H3,(H,47,54,55)(H,44,45,46,48). The van der Waals surface area contributed by atoms with E-state index in [1.165, 1.54) is 6.92 Å². The molecule has 1 atom stereocenters. The Kier molecular flexibility index (Phi) is 11.5. The third-order valence-corrected chi connectivity index (χ3v) is 12.0. The molecule has 308 valence electrons. The number of anilines is 3. The van der Waals surface area contributed by atoms with Crippen LogP contribution in [-0.4, -0.2) is 104 Å². The number of piperazine rings is 1. The van der Waals surface area contributed by atoms with Gasteiger partial charge in [-0.3, -0.25) is 48.5 Å². The summed E-state index contributed by atoms with van der Waals surface area (Å²) in [4.78, 5) is 96.1. The molecule has 16 heteroatoms. The fourth-order valence-electron chi connectivity index (χ4n) is 8.88. The molecule has 16 nitrogen and oxygen atoms in total. The van der Waals surface area contributed by atoms with Crippen LogP contribution in [0.5, 0.6) is 5.75 Å². The molecule has 1 saturated carbocycles. The van der Waals surface area contributed by atoms with E-state index < -0.39 is 29.7 Å². The van der Waals surface area contributed by atoms with Crippen molar-refractivity contribution in [3.8, 4) is 5.75 Å². The van der Waals surface area contributed by atoms with Crippen molar-refractivity contribution in [1.82, 2.24) is 34.6 Å². The number of aryl methyl sites for hydroxylation is 1. The van der Waals surface area contributed by atoms with E-state index in [1.54, 1.807) is 35.9 Å². The number of carbonyl (C=O) groups is 5. The fraction of sp³-hybridized carbons (Fsp3) is 0.465. The largest absolute Gasteiger partial charge is 0.493 e. The maximum absolute atomic E-state index is 13.6. The summed E-state index contributed by atoms with van der Waals surface area (Å²) in [5, 5.41) is 6.13. The summed E-state index contributed by atoms with van der Waals surface area (Å²) in [7, 11) is 0. The molecule has 4 aliphatic rings. The number of piperidine rings is 1. The number of carbonyl (C=O) groups excluding carboxylic acids is 5. The number of ether oxygens (including phenoxy) is 1. The summed E-state index contributed by atoms with van der Waals surface area (Å²) in [6.07, 6.45) is 11.4. The molecule has 0 spiro atoms. The molecule has 0 radical (unpaired) electrons. The number of fused-ring (bicyclic) bond motifs is 2. The zero-order valence-corrected chi connectivity index (χ0v) is 33.5. The summed E-state index contributed by atoms with van der Waals surface area (Å²) in [6.45, 7) is 8.30. The molecular weight excluding hydrogens is 755 g/mol. The molecule has 2 saturated heterocycles. The Morgan fingerprint density at radius 1 is 0.898 bits per heavy atom. The van der Waals surface area contributed by atoms with Crippen LogP contribution in [0.15, 0.2) is 47.5 Å². The molecular formula is C43H49N9O7. The van der Waals surface area contributed by atoms with Crippen LogP contribution in [0, 0.1) is 6.92 Å². The van der Waals surface area contributed by atoms with Gasteiger partial charge in [0.15, 0.2) is 5.78 Å². The SMILES string of the molecule is CC(=O)c1c(C)c2cnc(Nc3ccc(N4CCN(CCCCCCOc5cccc6c5C(=O)N(C5CCC(=O)NC5=O)C6=O)CC4)cn3)nc2n(C2CCCC2)c1=O. The average molecular weight is 804 g/mol. The molecule has 8 rings (SSSR count). The number of Topliss-reactive ketones (excluding diaryl/α,β-unsaturated/α-hetero) is 1. The molecule has 0 bridgehead atoms. The van der Waals surface area contributed by atoms with Gasteiger partial charge in [0.2, 0.25) is 17.8 Å². The Morgan fingerprint density at radius 2 is 1.68 bits per heavy atom. The van der Waals surface area contributed by atoms with E-state index in [1.807, 2.05) is 18.3 Å². The van der Waals surface area contributed by atoms with Crippen LogP contribution in [0.1, 0.15) is 114 Å². The van der Waals surface area contributed by atoms with Crippen LogP contribution in [0.2, 0.25) is 0 Å². The van der Waals surface area contributed by atoms with Gasteiger partial charge in [0, 0.05) is 50.2 Å². The summed E-state index contributed by atoms with van der Waals surface area (Å²) in [6, 6.07) is 7.85. The lowest BCUT2D eigenvalue weighted by atomic mass is 10.0. The molecule has 59 heavy (non-hydrogen) atoms. The van der Waals surface area contributed by atoms with Crippen LogP contribution < -0.4 is 25.8 Å². The highest BCUT2D eigenvalue weighted by atomic mass is 16.5. The summed E-state index contributed by atoms with van der Waals surface area (Å²) >= 11 is 0. The average Bonchev–Trinajstić information content (AvgIpc) is 3.84. The number of unbranched alkanes of at least 4 members (excludes halogenated alkanes) is 3. The van der Waals surface area contributed by atoms with E-state index in [0.717, 1.165) is 94.7 Å². The topological polar surface area (TPSA) is 189 Å². The first-order valence-corrected chi connectivity index (χ1v) is 20.7. The van der Waals surface area contributed by atoms with Gasteiger partial charge < -0.3 is 15.0 Å². The van der Waals surface area contributed by atoms with Crippen LogP contribution in [-0.2, 0) is 9.59 Å². The maximum atomic E-state index is 13.6. The molecule has 3 fully saturated rings. The summed E-state index contributed by atoms with van der Waals surface area (Å²) < 4.78 is 7.69. The van der Waals surface area contributed by atoms with Crippen molar-refractivity contribution in [2.45, 2.75) is 90.1 Å². The van der Waals surface area contributed by atoms with E-state index >= 15 is 0 Å². The van der Waals surface area contributed by atoms with Crippen LogP contribution >= 0.6 is 0 Å². The van der Waals surface area contributed by atoms with Crippen molar-refractivity contribution >= 4 is 57.9 Å². The van der Waals surface area contributed by atoms with Gasteiger partial charge in [0.25, 0.3) is 17.4 Å². The number of nitrogens with one attached hydrogen (secondary N) is 2. The lowest BCUT2D eigenvalue weighted by Gasteiger charge is -2.36. The first-order valence-electron chi connectivity index (χ1n) is 20.7. The Morgan fingerprint density at radius 3 is 2.41 bits per heavy atom. The highest BCUT2D eigenvalue weighted by Crippen LogP contribution is 2.35. The molecule has 3 aromatic heterocycles. The van der Waals surface area contributed by atoms with Crippen molar-refractivity contribution < 1.29 is 28.7 Å². The Balaban J connectivity index is 0.775. The van der Waals surface area contributed by atoms with Crippen molar-refractivity contribution in [3.05, 3.63) is 75.3 Å². The van der Waals surface area contributed by atoms with Gasteiger partial charge in [-0.05, 0) is 82.3 Å². The number of benzene rings is 1. The number of nitrogens with zero attached hydrogens (tertiary/aromatic N) is 7. The number of hydrogen-bond donors (Lipinski definition) is 2. The second kappa shape index (κ2) is 17.1. The summed E-state index contributed by atoms with van der Waals surface area (Å²) in [5.41, 5.74) is 2.51. The first kappa shape index (κ1) is 39.8. The van der Waals surface area contributed by atoms with Crippen LogP contribution in [0.4, 0.5) is 17.5 Å². The predicted molar refractivity (Wildman–Crippen MR) is 219 cm³/mol. The number of hydrogen-bond acceptors (Lipinski definition) is 13. The second-order valence-corrected chi connectivity index (χ2v) is 15.8. The minimum Gasteiger partial charge on any atom is -0.493 e. The highest BCUT2D eigenvalue weighted by Gasteiger charge is 2.46. The molecule has 1 aromatic carbocycles. The van der Waals surface area contributed by atoms with Crippen LogP contribution in [0.25, 0.3) is 11.0 Å². The Hall–Kier alpha value is -6.03. The van der Waals surface area contributed by atoms with Gasteiger partial charge in [-0.1, -0.05) is 31.7 Å². The normalized spacial score (nSPS) is 18.8. The molecule has 4 aromatic rings. The number of amides is 4. The van der Waals surface area contributed by atoms with E-state index in [9.17, 15) is 28.8 Å². The quantitative estimate of drug-likeness (QED) is 0.101. The molecule has 3 aliphatic heterocycles. The van der Waals surface area contributed by atoms with Crippen molar-refractivity contribution in [2.24, 2.45) is 0 Å². The van der Waals surface area contributed by atoms with Gasteiger partial charge in [-0.2, -0.15) is 4.98 Å². The second-order valence-electron chi connectivity index (χ2n) is 15.8. The molecule has 2 N–H and O–H groups in total. The van der Waals surface area contributed by atoms with Crippen molar-refractivity contribution in [1.29, 1.82) is 0 Å². The highest BCUT2D eigenvalue weighted by molar-refractivity contribution is 6.24.